The highest BCUT2D eigenvalue weighted by Gasteiger charge is 2.38. The molecule has 0 saturated heterocycles. The number of benzene rings is 1. The Kier molecular flexibility index (Phi) is 4.91. The van der Waals surface area contributed by atoms with Gasteiger partial charge in [-0.05, 0) is 31.0 Å². The number of carboxylic acid groups (broad SMARTS) is 1. The van der Waals surface area contributed by atoms with Crippen molar-refractivity contribution in [1.82, 2.24) is 4.72 Å². The number of carbonyl (C=O) groups is 1. The predicted molar refractivity (Wildman–Crippen MR) is 79.8 cm³/mol. The van der Waals surface area contributed by atoms with Crippen LogP contribution < -0.4 is 4.72 Å². The van der Waals surface area contributed by atoms with Gasteiger partial charge in [-0.25, -0.2) is 13.1 Å². The molecular formula is C14H18ClNO4S. The summed E-state index contributed by atoms with van der Waals surface area (Å²) in [5, 5.41) is 9.41. The van der Waals surface area contributed by atoms with Gasteiger partial charge in [0.05, 0.1) is 11.3 Å². The second-order valence-corrected chi connectivity index (χ2v) is 7.59. The third-order valence-electron chi connectivity index (χ3n) is 3.76. The van der Waals surface area contributed by atoms with E-state index in [4.69, 9.17) is 16.7 Å². The monoisotopic (exact) mass is 331 g/mol. The average molecular weight is 332 g/mol. The fraction of sp³-hybridized carbons (Fsp3) is 0.500. The lowest BCUT2D eigenvalue weighted by atomic mass is 9.80. The van der Waals surface area contributed by atoms with Crippen molar-refractivity contribution < 1.29 is 18.3 Å². The zero-order chi connectivity index (χ0) is 15.5. The summed E-state index contributed by atoms with van der Waals surface area (Å²) in [4.78, 5) is 11.2. The van der Waals surface area contributed by atoms with Gasteiger partial charge in [0.25, 0.3) is 0 Å². The van der Waals surface area contributed by atoms with Crippen LogP contribution in [0.5, 0.6) is 0 Å². The predicted octanol–water partition coefficient (Wildman–Crippen LogP) is 2.80. The molecule has 1 fully saturated rings. The molecule has 1 aromatic rings. The lowest BCUT2D eigenvalue weighted by molar-refractivity contribution is -0.138. The summed E-state index contributed by atoms with van der Waals surface area (Å²) >= 11 is 5.83. The minimum Gasteiger partial charge on any atom is -0.481 e. The minimum absolute atomic E-state index is 0.0605. The molecule has 0 bridgehead atoms. The molecule has 1 saturated carbocycles. The Balaban J connectivity index is 2.28. The average Bonchev–Trinajstić information content (AvgIpc) is 2.38. The summed E-state index contributed by atoms with van der Waals surface area (Å²) in [5.74, 6) is -0.995. The van der Waals surface area contributed by atoms with Crippen LogP contribution in [0.25, 0.3) is 0 Å². The first kappa shape index (κ1) is 16.3. The Hall–Kier alpha value is -1.11. The van der Waals surface area contributed by atoms with E-state index >= 15 is 0 Å². The molecule has 2 N–H and O–H groups in total. The van der Waals surface area contributed by atoms with Crippen LogP contribution in [0, 0.1) is 0 Å². The van der Waals surface area contributed by atoms with Crippen molar-refractivity contribution in [1.29, 1.82) is 0 Å². The first-order valence-electron chi connectivity index (χ1n) is 6.84. The number of halogens is 1. The molecule has 116 valence electrons. The van der Waals surface area contributed by atoms with Crippen LogP contribution in [0.3, 0.4) is 0 Å². The van der Waals surface area contributed by atoms with Crippen LogP contribution in [0.1, 0.15) is 38.5 Å². The highest BCUT2D eigenvalue weighted by Crippen LogP contribution is 2.33. The van der Waals surface area contributed by atoms with Crippen molar-refractivity contribution in [3.63, 3.8) is 0 Å². The molecule has 0 radical (unpaired) electrons. The third-order valence-corrected chi connectivity index (χ3v) is 5.57. The summed E-state index contributed by atoms with van der Waals surface area (Å²) in [6.45, 7) is 0. The van der Waals surface area contributed by atoms with E-state index in [1.54, 1.807) is 12.1 Å². The maximum absolute atomic E-state index is 12.5. The molecule has 1 aromatic carbocycles. The molecule has 0 heterocycles. The van der Waals surface area contributed by atoms with Gasteiger partial charge in [0, 0.05) is 10.6 Å². The molecule has 1 aliphatic rings. The smallest absolute Gasteiger partial charge is 0.305 e. The van der Waals surface area contributed by atoms with E-state index < -0.39 is 21.5 Å². The summed E-state index contributed by atoms with van der Waals surface area (Å²) in [6, 6.07) is 5.96. The van der Waals surface area contributed by atoms with Gasteiger partial charge in [0.1, 0.15) is 0 Å². The first-order chi connectivity index (χ1) is 9.83. The van der Waals surface area contributed by atoms with Crippen LogP contribution in [0.2, 0.25) is 5.02 Å². The lowest BCUT2D eigenvalue weighted by Crippen LogP contribution is -2.50. The number of hydrogen-bond donors (Lipinski definition) is 2. The molecule has 1 aliphatic carbocycles. The van der Waals surface area contributed by atoms with Crippen LogP contribution in [-0.2, 0) is 14.8 Å². The highest BCUT2D eigenvalue weighted by atomic mass is 35.5. The molecule has 0 atom stereocenters. The number of carboxylic acids is 1. The lowest BCUT2D eigenvalue weighted by Gasteiger charge is -2.36. The van der Waals surface area contributed by atoms with E-state index in [0.29, 0.717) is 17.9 Å². The number of rotatable bonds is 5. The van der Waals surface area contributed by atoms with Gasteiger partial charge in [0.2, 0.25) is 10.0 Å². The maximum atomic E-state index is 12.5. The number of aliphatic carboxylic acids is 1. The molecule has 21 heavy (non-hydrogen) atoms. The van der Waals surface area contributed by atoms with E-state index in [1.807, 2.05) is 0 Å². The SMILES string of the molecule is O=C(O)CC1(NS(=O)(=O)c2cccc(Cl)c2)CCCCC1. The molecule has 2 rings (SSSR count). The van der Waals surface area contributed by atoms with Crippen LogP contribution in [0.15, 0.2) is 29.2 Å². The Morgan fingerprint density at radius 3 is 2.52 bits per heavy atom. The number of sulfonamides is 1. The number of nitrogens with one attached hydrogen (secondary N) is 1. The van der Waals surface area contributed by atoms with Gasteiger partial charge in [-0.1, -0.05) is 36.9 Å². The van der Waals surface area contributed by atoms with Crippen molar-refractivity contribution in [2.24, 2.45) is 0 Å². The number of hydrogen-bond acceptors (Lipinski definition) is 3. The standard InChI is InChI=1S/C14H18ClNO4S/c15-11-5-4-6-12(9-11)21(19,20)16-14(10-13(17)18)7-2-1-3-8-14/h4-6,9,16H,1-3,7-8,10H2,(H,17,18). The van der Waals surface area contributed by atoms with Crippen molar-refractivity contribution in [2.45, 2.75) is 49.0 Å². The Bertz CT molecular complexity index is 624. The molecule has 0 unspecified atom stereocenters. The van der Waals surface area contributed by atoms with E-state index in [-0.39, 0.29) is 11.3 Å². The zero-order valence-corrected chi connectivity index (χ0v) is 13.1. The largest absolute Gasteiger partial charge is 0.481 e. The molecule has 0 aliphatic heterocycles. The fourth-order valence-electron chi connectivity index (χ4n) is 2.81. The molecule has 5 nitrogen and oxygen atoms in total. The molecular weight excluding hydrogens is 314 g/mol. The van der Waals surface area contributed by atoms with Gasteiger partial charge in [-0.3, -0.25) is 4.79 Å². The van der Waals surface area contributed by atoms with Gasteiger partial charge >= 0.3 is 5.97 Å². The zero-order valence-electron chi connectivity index (χ0n) is 11.5. The Morgan fingerprint density at radius 2 is 1.95 bits per heavy atom. The van der Waals surface area contributed by atoms with Gasteiger partial charge < -0.3 is 5.11 Å². The van der Waals surface area contributed by atoms with Crippen molar-refractivity contribution in [3.8, 4) is 0 Å². The maximum Gasteiger partial charge on any atom is 0.305 e. The highest BCUT2D eigenvalue weighted by molar-refractivity contribution is 7.89. The second kappa shape index (κ2) is 6.34. The fourth-order valence-corrected chi connectivity index (χ4v) is 4.57. The van der Waals surface area contributed by atoms with Gasteiger partial charge in [0.15, 0.2) is 0 Å². The summed E-state index contributed by atoms with van der Waals surface area (Å²) < 4.78 is 27.6. The topological polar surface area (TPSA) is 83.5 Å². The van der Waals surface area contributed by atoms with Crippen LogP contribution >= 0.6 is 11.6 Å². The van der Waals surface area contributed by atoms with E-state index in [2.05, 4.69) is 4.72 Å². The van der Waals surface area contributed by atoms with Gasteiger partial charge in [-0.15, -0.1) is 0 Å². The Morgan fingerprint density at radius 1 is 1.29 bits per heavy atom. The molecule has 7 heteroatoms. The van der Waals surface area contributed by atoms with Crippen molar-refractivity contribution in [2.75, 3.05) is 0 Å². The third kappa shape index (κ3) is 4.18. The molecule has 0 aromatic heterocycles. The minimum atomic E-state index is -3.78. The summed E-state index contributed by atoms with van der Waals surface area (Å²) in [7, 11) is -3.78. The normalized spacial score (nSPS) is 18.3. The van der Waals surface area contributed by atoms with Crippen molar-refractivity contribution in [3.05, 3.63) is 29.3 Å². The Labute approximate surface area is 129 Å². The van der Waals surface area contributed by atoms with Crippen LogP contribution in [-0.4, -0.2) is 25.0 Å². The van der Waals surface area contributed by atoms with Gasteiger partial charge in [-0.2, -0.15) is 0 Å². The van der Waals surface area contributed by atoms with Crippen LogP contribution in [0.4, 0.5) is 0 Å². The van der Waals surface area contributed by atoms with Crippen molar-refractivity contribution >= 4 is 27.6 Å². The second-order valence-electron chi connectivity index (χ2n) is 5.47. The van der Waals surface area contributed by atoms with E-state index in [1.165, 1.54) is 12.1 Å². The van der Waals surface area contributed by atoms with E-state index in [9.17, 15) is 13.2 Å². The first-order valence-corrected chi connectivity index (χ1v) is 8.71. The summed E-state index contributed by atoms with van der Waals surface area (Å²) in [6.07, 6.45) is 3.53. The molecule has 0 spiro atoms. The van der Waals surface area contributed by atoms with E-state index in [0.717, 1.165) is 19.3 Å². The summed E-state index contributed by atoms with van der Waals surface area (Å²) in [5.41, 5.74) is -0.898. The molecule has 0 amide bonds. The quantitative estimate of drug-likeness (QED) is 0.869.